The average Bonchev–Trinajstić information content (AvgIpc) is 2.89. The summed E-state index contributed by atoms with van der Waals surface area (Å²) in [5.74, 6) is 1.69. The van der Waals surface area contributed by atoms with Gasteiger partial charge >= 0.3 is 0 Å². The Bertz CT molecular complexity index is 1280. The minimum Gasteiger partial charge on any atom is -0.507 e. The molecular formula is C33H44O7. The number of ketones is 1. The molecule has 0 aromatic heterocycles. The maximum absolute atomic E-state index is 13.4. The number of benzene rings is 2. The number of methoxy groups -OCH3 is 3. The summed E-state index contributed by atoms with van der Waals surface area (Å²) in [5, 5.41) is 21.1. The molecule has 1 aliphatic rings. The standard InChI is InChI=1S/C33H44O7/c1-20(2)11-13-24-27(38-7)19-29-30(31(24)35)25(34)18-28(40-29)22-15-16-26(37-6)32(39-8)23(22)14-12-21(3)10-9-17-33(4,5)36/h11-12,15-16,19,28,35-36H,9-10,13-14,17-18H2,1-8H3/t28-/m0/s1. The predicted octanol–water partition coefficient (Wildman–Crippen LogP) is 7.06. The van der Waals surface area contributed by atoms with Gasteiger partial charge in [-0.05, 0) is 72.8 Å². The SMILES string of the molecule is COc1cc2c(c(O)c1CC=C(C)C)C(=O)C[C@@H](c1ccc(OC)c(OC)c1CC=C(C)CCCC(C)(C)O)O2. The van der Waals surface area contributed by atoms with Gasteiger partial charge in [0.1, 0.15) is 28.9 Å². The van der Waals surface area contributed by atoms with E-state index in [1.54, 1.807) is 20.3 Å². The Morgan fingerprint density at radius 1 is 1.02 bits per heavy atom. The molecular weight excluding hydrogens is 508 g/mol. The fourth-order valence-corrected chi connectivity index (χ4v) is 5.05. The predicted molar refractivity (Wildman–Crippen MR) is 157 cm³/mol. The summed E-state index contributed by atoms with van der Waals surface area (Å²) < 4.78 is 23.3. The fraction of sp³-hybridized carbons (Fsp3) is 0.485. The van der Waals surface area contributed by atoms with E-state index >= 15 is 0 Å². The van der Waals surface area contributed by atoms with Crippen molar-refractivity contribution >= 4 is 5.78 Å². The van der Waals surface area contributed by atoms with Crippen LogP contribution in [0.2, 0.25) is 0 Å². The number of carbonyl (C=O) groups excluding carboxylic acids is 1. The first kappa shape index (κ1) is 31.1. The third kappa shape index (κ3) is 7.39. The van der Waals surface area contributed by atoms with E-state index in [-0.39, 0.29) is 23.5 Å². The van der Waals surface area contributed by atoms with Crippen LogP contribution in [-0.2, 0) is 12.8 Å². The van der Waals surface area contributed by atoms with Gasteiger partial charge in [-0.15, -0.1) is 0 Å². The van der Waals surface area contributed by atoms with Crippen molar-refractivity contribution in [1.29, 1.82) is 0 Å². The largest absolute Gasteiger partial charge is 0.507 e. The highest BCUT2D eigenvalue weighted by Gasteiger charge is 2.34. The van der Waals surface area contributed by atoms with Crippen LogP contribution < -0.4 is 18.9 Å². The highest BCUT2D eigenvalue weighted by Crippen LogP contribution is 2.47. The van der Waals surface area contributed by atoms with E-state index in [9.17, 15) is 15.0 Å². The highest BCUT2D eigenvalue weighted by molar-refractivity contribution is 6.03. The second-order valence-electron chi connectivity index (χ2n) is 11.3. The van der Waals surface area contributed by atoms with Gasteiger partial charge in [0.2, 0.25) is 0 Å². The molecule has 2 aromatic rings. The lowest BCUT2D eigenvalue weighted by atomic mass is 9.89. The van der Waals surface area contributed by atoms with Gasteiger partial charge in [-0.3, -0.25) is 4.79 Å². The van der Waals surface area contributed by atoms with Crippen molar-refractivity contribution < 1.29 is 34.0 Å². The number of hydrogen-bond acceptors (Lipinski definition) is 7. The number of fused-ring (bicyclic) bond motifs is 1. The number of carbonyl (C=O) groups is 1. The lowest BCUT2D eigenvalue weighted by Crippen LogP contribution is -2.22. The molecule has 7 heteroatoms. The van der Waals surface area contributed by atoms with E-state index in [0.29, 0.717) is 41.4 Å². The van der Waals surface area contributed by atoms with Crippen LogP contribution in [0.4, 0.5) is 0 Å². The smallest absolute Gasteiger partial charge is 0.174 e. The Kier molecular flexibility index (Phi) is 10.3. The molecule has 0 saturated heterocycles. The first-order valence-corrected chi connectivity index (χ1v) is 13.8. The molecule has 0 aliphatic carbocycles. The molecule has 2 aromatic carbocycles. The highest BCUT2D eigenvalue weighted by atomic mass is 16.5. The van der Waals surface area contributed by atoms with Crippen LogP contribution in [0.25, 0.3) is 0 Å². The lowest BCUT2D eigenvalue weighted by molar-refractivity contribution is 0.0689. The van der Waals surface area contributed by atoms with E-state index < -0.39 is 11.7 Å². The van der Waals surface area contributed by atoms with Gasteiger partial charge in [-0.2, -0.15) is 0 Å². The Morgan fingerprint density at radius 2 is 1.70 bits per heavy atom. The average molecular weight is 553 g/mol. The number of hydrogen-bond donors (Lipinski definition) is 2. The molecule has 0 bridgehead atoms. The molecule has 2 N–H and O–H groups in total. The molecule has 1 atom stereocenters. The van der Waals surface area contributed by atoms with Gasteiger partial charge in [0, 0.05) is 22.8 Å². The van der Waals surface area contributed by atoms with Crippen molar-refractivity contribution in [3.63, 3.8) is 0 Å². The third-order valence-corrected chi connectivity index (χ3v) is 7.23. The van der Waals surface area contributed by atoms with Crippen molar-refractivity contribution in [3.8, 4) is 28.7 Å². The molecule has 7 nitrogen and oxygen atoms in total. The minimum absolute atomic E-state index is 0.0751. The summed E-state index contributed by atoms with van der Waals surface area (Å²) in [4.78, 5) is 13.4. The summed E-state index contributed by atoms with van der Waals surface area (Å²) >= 11 is 0. The number of phenols is 1. The quantitative estimate of drug-likeness (QED) is 0.272. The number of rotatable bonds is 12. The van der Waals surface area contributed by atoms with Gasteiger partial charge in [0.15, 0.2) is 17.3 Å². The number of aromatic hydroxyl groups is 1. The second kappa shape index (κ2) is 13.3. The topological polar surface area (TPSA) is 94.5 Å². The van der Waals surface area contributed by atoms with Crippen molar-refractivity contribution in [2.24, 2.45) is 0 Å². The second-order valence-corrected chi connectivity index (χ2v) is 11.3. The zero-order valence-electron chi connectivity index (χ0n) is 25.1. The van der Waals surface area contributed by atoms with Crippen LogP contribution in [-0.4, -0.2) is 42.9 Å². The van der Waals surface area contributed by atoms with Crippen molar-refractivity contribution in [2.45, 2.75) is 84.8 Å². The summed E-state index contributed by atoms with van der Waals surface area (Å²) in [6, 6.07) is 5.43. The van der Waals surface area contributed by atoms with E-state index in [0.717, 1.165) is 36.0 Å². The molecule has 0 amide bonds. The number of Topliss-reactive ketones (excluding diaryl/α,β-unsaturated/α-hetero) is 1. The molecule has 0 spiro atoms. The third-order valence-electron chi connectivity index (χ3n) is 7.23. The zero-order chi connectivity index (χ0) is 29.6. The van der Waals surface area contributed by atoms with Gasteiger partial charge in [0.05, 0.1) is 33.4 Å². The van der Waals surface area contributed by atoms with Crippen LogP contribution >= 0.6 is 0 Å². The lowest BCUT2D eigenvalue weighted by Gasteiger charge is -2.29. The van der Waals surface area contributed by atoms with Gasteiger partial charge in [0.25, 0.3) is 0 Å². The van der Waals surface area contributed by atoms with Crippen LogP contribution in [0.1, 0.15) is 93.5 Å². The Morgan fingerprint density at radius 3 is 2.30 bits per heavy atom. The normalized spacial score (nSPS) is 15.3. The Balaban J connectivity index is 1.99. The molecule has 218 valence electrons. The molecule has 1 aliphatic heterocycles. The first-order chi connectivity index (χ1) is 18.9. The van der Waals surface area contributed by atoms with E-state index in [4.69, 9.17) is 18.9 Å². The zero-order valence-corrected chi connectivity index (χ0v) is 25.1. The summed E-state index contributed by atoms with van der Waals surface area (Å²) in [6.45, 7) is 9.68. The molecule has 0 saturated carbocycles. The van der Waals surface area contributed by atoms with Crippen LogP contribution in [0.3, 0.4) is 0 Å². The minimum atomic E-state index is -0.686. The molecule has 3 rings (SSSR count). The monoisotopic (exact) mass is 552 g/mol. The van der Waals surface area contributed by atoms with Crippen molar-refractivity contribution in [2.75, 3.05) is 21.3 Å². The fourth-order valence-electron chi connectivity index (χ4n) is 5.05. The molecule has 1 heterocycles. The maximum atomic E-state index is 13.4. The summed E-state index contributed by atoms with van der Waals surface area (Å²) in [5.41, 5.74) is 4.07. The number of ether oxygens (including phenoxy) is 4. The van der Waals surface area contributed by atoms with Gasteiger partial charge in [-0.25, -0.2) is 0 Å². The molecule has 0 fully saturated rings. The molecule has 0 unspecified atom stereocenters. The first-order valence-electron chi connectivity index (χ1n) is 13.8. The number of allylic oxidation sites excluding steroid dienone is 4. The maximum Gasteiger partial charge on any atom is 0.174 e. The Labute approximate surface area is 238 Å². The summed E-state index contributed by atoms with van der Waals surface area (Å²) in [7, 11) is 4.74. The van der Waals surface area contributed by atoms with Crippen LogP contribution in [0.5, 0.6) is 28.7 Å². The van der Waals surface area contributed by atoms with Crippen molar-refractivity contribution in [1.82, 2.24) is 0 Å². The van der Waals surface area contributed by atoms with Crippen molar-refractivity contribution in [3.05, 3.63) is 63.8 Å². The van der Waals surface area contributed by atoms with Crippen LogP contribution in [0.15, 0.2) is 41.5 Å². The van der Waals surface area contributed by atoms with Crippen LogP contribution in [0, 0.1) is 0 Å². The van der Waals surface area contributed by atoms with E-state index in [2.05, 4.69) is 13.0 Å². The van der Waals surface area contributed by atoms with E-state index in [1.165, 1.54) is 12.7 Å². The summed E-state index contributed by atoms with van der Waals surface area (Å²) in [6.07, 6.45) is 7.10. The molecule has 0 radical (unpaired) electrons. The number of phenolic OH excluding ortho intramolecular Hbond substituents is 1. The molecule has 40 heavy (non-hydrogen) atoms. The van der Waals surface area contributed by atoms with Gasteiger partial charge < -0.3 is 29.2 Å². The number of aliphatic hydroxyl groups is 1. The van der Waals surface area contributed by atoms with Gasteiger partial charge in [-0.1, -0.05) is 29.4 Å². The van der Waals surface area contributed by atoms with E-state index in [1.807, 2.05) is 45.9 Å². The Hall–Kier alpha value is -3.45.